The molecule has 1 rings (SSSR count). The van der Waals surface area contributed by atoms with Gasteiger partial charge in [-0.1, -0.05) is 27.7 Å². The van der Waals surface area contributed by atoms with E-state index < -0.39 is 0 Å². The number of nitrogens with one attached hydrogen (secondary N) is 3. The third-order valence-corrected chi connectivity index (χ3v) is 4.25. The Hall–Kier alpha value is -1.10. The average Bonchev–Trinajstić information content (AvgIpc) is 2.45. The van der Waals surface area contributed by atoms with E-state index in [0.717, 1.165) is 25.9 Å². The molecule has 1 atom stereocenters. The average molecular weight is 297 g/mol. The molecule has 1 aliphatic rings. The molecule has 0 aromatic heterocycles. The zero-order valence-electron chi connectivity index (χ0n) is 13.9. The molecular weight excluding hydrogens is 266 g/mol. The molecule has 21 heavy (non-hydrogen) atoms. The summed E-state index contributed by atoms with van der Waals surface area (Å²) in [6.45, 7) is 11.2. The van der Waals surface area contributed by atoms with Crippen LogP contribution in [0.5, 0.6) is 0 Å². The Bertz CT molecular complexity index is 347. The van der Waals surface area contributed by atoms with Gasteiger partial charge < -0.3 is 16.0 Å². The number of carbonyl (C=O) groups excluding carboxylic acids is 2. The Balaban J connectivity index is 2.30. The van der Waals surface area contributed by atoms with Crippen LogP contribution in [0.2, 0.25) is 0 Å². The molecule has 122 valence electrons. The number of hydrogen-bond donors (Lipinski definition) is 3. The van der Waals surface area contributed by atoms with Crippen molar-refractivity contribution in [2.75, 3.05) is 26.2 Å². The van der Waals surface area contributed by atoms with E-state index in [1.165, 1.54) is 0 Å². The molecule has 5 heteroatoms. The minimum absolute atomic E-state index is 0.00105. The summed E-state index contributed by atoms with van der Waals surface area (Å²) in [5.41, 5.74) is -0.387. The van der Waals surface area contributed by atoms with Gasteiger partial charge in [-0.05, 0) is 37.8 Å². The Labute approximate surface area is 128 Å². The van der Waals surface area contributed by atoms with Crippen LogP contribution in [0.1, 0.15) is 47.0 Å². The first kappa shape index (κ1) is 18.0. The second kappa shape index (κ2) is 8.37. The molecule has 1 heterocycles. The van der Waals surface area contributed by atoms with Crippen molar-refractivity contribution in [3.63, 3.8) is 0 Å². The van der Waals surface area contributed by atoms with Crippen molar-refractivity contribution in [2.45, 2.75) is 47.0 Å². The van der Waals surface area contributed by atoms with Crippen LogP contribution in [-0.4, -0.2) is 38.0 Å². The quantitative estimate of drug-likeness (QED) is 0.663. The van der Waals surface area contributed by atoms with Crippen molar-refractivity contribution >= 4 is 11.8 Å². The van der Waals surface area contributed by atoms with Crippen LogP contribution in [0, 0.1) is 17.3 Å². The maximum absolute atomic E-state index is 12.3. The molecule has 0 spiro atoms. The van der Waals surface area contributed by atoms with Crippen molar-refractivity contribution in [1.82, 2.24) is 16.0 Å². The standard InChI is InChI=1S/C16H31N3O2/c1-12(2)10-19-14(20)7-9-18-15(21)16(3,4)13-6-5-8-17-11-13/h12-13,17H,5-11H2,1-4H3,(H,18,21)(H,19,20). The molecular formula is C16H31N3O2. The Morgan fingerprint density at radius 3 is 2.57 bits per heavy atom. The van der Waals surface area contributed by atoms with Crippen molar-refractivity contribution in [3.8, 4) is 0 Å². The monoisotopic (exact) mass is 297 g/mol. The van der Waals surface area contributed by atoms with Gasteiger partial charge in [0.2, 0.25) is 11.8 Å². The second-order valence-corrected chi connectivity index (χ2v) is 6.97. The van der Waals surface area contributed by atoms with E-state index in [4.69, 9.17) is 0 Å². The summed E-state index contributed by atoms with van der Waals surface area (Å²) in [7, 11) is 0. The molecule has 0 aliphatic carbocycles. The number of piperidine rings is 1. The van der Waals surface area contributed by atoms with Crippen molar-refractivity contribution in [2.24, 2.45) is 17.3 Å². The maximum atomic E-state index is 12.3. The minimum atomic E-state index is -0.387. The van der Waals surface area contributed by atoms with Gasteiger partial charge in [0.15, 0.2) is 0 Å². The van der Waals surface area contributed by atoms with Gasteiger partial charge in [0, 0.05) is 24.9 Å². The summed E-state index contributed by atoms with van der Waals surface area (Å²) in [5.74, 6) is 0.858. The predicted molar refractivity (Wildman–Crippen MR) is 84.8 cm³/mol. The topological polar surface area (TPSA) is 70.2 Å². The Morgan fingerprint density at radius 2 is 2.00 bits per heavy atom. The molecule has 0 saturated carbocycles. The number of carbonyl (C=O) groups is 2. The van der Waals surface area contributed by atoms with Crippen LogP contribution < -0.4 is 16.0 Å². The third kappa shape index (κ3) is 6.04. The summed E-state index contributed by atoms with van der Waals surface area (Å²) in [5, 5.41) is 9.12. The predicted octanol–water partition coefficient (Wildman–Crippen LogP) is 1.29. The highest BCUT2D eigenvalue weighted by Crippen LogP contribution is 2.31. The zero-order chi connectivity index (χ0) is 15.9. The van der Waals surface area contributed by atoms with Crippen molar-refractivity contribution in [1.29, 1.82) is 0 Å². The van der Waals surface area contributed by atoms with Gasteiger partial charge in [-0.15, -0.1) is 0 Å². The molecule has 1 unspecified atom stereocenters. The largest absolute Gasteiger partial charge is 0.356 e. The first-order chi connectivity index (χ1) is 9.84. The molecule has 5 nitrogen and oxygen atoms in total. The van der Waals surface area contributed by atoms with E-state index in [9.17, 15) is 9.59 Å². The van der Waals surface area contributed by atoms with Gasteiger partial charge in [-0.3, -0.25) is 9.59 Å². The number of hydrogen-bond acceptors (Lipinski definition) is 3. The van der Waals surface area contributed by atoms with Crippen LogP contribution in [0.3, 0.4) is 0 Å². The lowest BCUT2D eigenvalue weighted by Gasteiger charge is -2.36. The normalized spacial score (nSPS) is 19.4. The molecule has 1 fully saturated rings. The van der Waals surface area contributed by atoms with Crippen LogP contribution in [-0.2, 0) is 9.59 Å². The summed E-state index contributed by atoms with van der Waals surface area (Å²) in [6, 6.07) is 0. The number of amides is 2. The summed E-state index contributed by atoms with van der Waals surface area (Å²) < 4.78 is 0. The Kier molecular flexibility index (Phi) is 7.15. The van der Waals surface area contributed by atoms with Gasteiger partial charge in [0.25, 0.3) is 0 Å². The van der Waals surface area contributed by atoms with Crippen molar-refractivity contribution < 1.29 is 9.59 Å². The van der Waals surface area contributed by atoms with E-state index in [1.807, 2.05) is 13.8 Å². The summed E-state index contributed by atoms with van der Waals surface area (Å²) in [4.78, 5) is 23.9. The van der Waals surface area contributed by atoms with E-state index in [2.05, 4.69) is 29.8 Å². The highest BCUT2D eigenvalue weighted by Gasteiger charge is 2.36. The van der Waals surface area contributed by atoms with Gasteiger partial charge in [0.05, 0.1) is 0 Å². The van der Waals surface area contributed by atoms with Crippen LogP contribution in [0.25, 0.3) is 0 Å². The molecule has 2 amide bonds. The minimum Gasteiger partial charge on any atom is -0.356 e. The molecule has 0 aromatic rings. The lowest BCUT2D eigenvalue weighted by molar-refractivity contribution is -0.132. The van der Waals surface area contributed by atoms with Crippen LogP contribution in [0.15, 0.2) is 0 Å². The van der Waals surface area contributed by atoms with E-state index in [0.29, 0.717) is 31.3 Å². The first-order valence-corrected chi connectivity index (χ1v) is 8.09. The highest BCUT2D eigenvalue weighted by atomic mass is 16.2. The van der Waals surface area contributed by atoms with E-state index >= 15 is 0 Å². The SMILES string of the molecule is CC(C)CNC(=O)CCNC(=O)C(C)(C)C1CCCNC1. The zero-order valence-corrected chi connectivity index (χ0v) is 13.9. The fourth-order valence-corrected chi connectivity index (χ4v) is 2.58. The van der Waals surface area contributed by atoms with E-state index in [1.54, 1.807) is 0 Å². The lowest BCUT2D eigenvalue weighted by Crippen LogP contribution is -2.47. The molecule has 3 N–H and O–H groups in total. The van der Waals surface area contributed by atoms with Gasteiger partial charge >= 0.3 is 0 Å². The highest BCUT2D eigenvalue weighted by molar-refractivity contribution is 5.83. The second-order valence-electron chi connectivity index (χ2n) is 6.97. The van der Waals surface area contributed by atoms with Gasteiger partial charge in [-0.25, -0.2) is 0 Å². The van der Waals surface area contributed by atoms with Gasteiger partial charge in [0.1, 0.15) is 0 Å². The molecule has 1 saturated heterocycles. The fraction of sp³-hybridized carbons (Fsp3) is 0.875. The van der Waals surface area contributed by atoms with E-state index in [-0.39, 0.29) is 17.2 Å². The molecule has 0 radical (unpaired) electrons. The fourth-order valence-electron chi connectivity index (χ4n) is 2.58. The maximum Gasteiger partial charge on any atom is 0.225 e. The molecule has 0 bridgehead atoms. The van der Waals surface area contributed by atoms with Gasteiger partial charge in [-0.2, -0.15) is 0 Å². The Morgan fingerprint density at radius 1 is 1.29 bits per heavy atom. The van der Waals surface area contributed by atoms with Crippen LogP contribution in [0.4, 0.5) is 0 Å². The molecule has 0 aromatic carbocycles. The lowest BCUT2D eigenvalue weighted by atomic mass is 9.74. The molecule has 1 aliphatic heterocycles. The van der Waals surface area contributed by atoms with Crippen LogP contribution >= 0.6 is 0 Å². The summed E-state index contributed by atoms with van der Waals surface area (Å²) >= 11 is 0. The summed E-state index contributed by atoms with van der Waals surface area (Å²) in [6.07, 6.45) is 2.55. The number of rotatable bonds is 7. The first-order valence-electron chi connectivity index (χ1n) is 8.09. The smallest absolute Gasteiger partial charge is 0.225 e. The van der Waals surface area contributed by atoms with Crippen molar-refractivity contribution in [3.05, 3.63) is 0 Å². The third-order valence-electron chi connectivity index (χ3n) is 4.25.